The van der Waals surface area contributed by atoms with Gasteiger partial charge in [-0.15, -0.1) is 0 Å². The van der Waals surface area contributed by atoms with E-state index in [1.54, 1.807) is 36.1 Å². The first-order chi connectivity index (χ1) is 13.0. The summed E-state index contributed by atoms with van der Waals surface area (Å²) in [5, 5.41) is 0.493. The van der Waals surface area contributed by atoms with Crippen molar-refractivity contribution in [2.45, 2.75) is 19.8 Å². The van der Waals surface area contributed by atoms with Gasteiger partial charge < -0.3 is 9.74 Å². The minimum atomic E-state index is -0.799. The van der Waals surface area contributed by atoms with Gasteiger partial charge in [-0.1, -0.05) is 24.1 Å². The van der Waals surface area contributed by atoms with Crippen LogP contribution in [0.2, 0.25) is 0 Å². The summed E-state index contributed by atoms with van der Waals surface area (Å²) in [7, 11) is 0. The van der Waals surface area contributed by atoms with Crippen molar-refractivity contribution >= 4 is 29.4 Å². The number of nitrogens with zero attached hydrogens (tertiary/aromatic N) is 2. The van der Waals surface area contributed by atoms with Crippen LogP contribution < -0.4 is 4.90 Å². The topological polar surface area (TPSA) is 84.0 Å². The van der Waals surface area contributed by atoms with Crippen LogP contribution in [0.1, 0.15) is 50.0 Å². The predicted molar refractivity (Wildman–Crippen MR) is 95.1 cm³/mol. The molecule has 0 aliphatic carbocycles. The van der Waals surface area contributed by atoms with Crippen molar-refractivity contribution in [1.82, 2.24) is 5.06 Å². The van der Waals surface area contributed by atoms with Crippen LogP contribution in [0.15, 0.2) is 42.5 Å². The summed E-state index contributed by atoms with van der Waals surface area (Å²) < 4.78 is 0. The number of hydroxylamine groups is 2. The van der Waals surface area contributed by atoms with Crippen LogP contribution in [0.4, 0.5) is 5.69 Å². The van der Waals surface area contributed by atoms with Crippen LogP contribution in [-0.2, 0) is 16.1 Å². The monoisotopic (exact) mass is 364 g/mol. The van der Waals surface area contributed by atoms with Gasteiger partial charge in [-0.3, -0.25) is 14.4 Å². The zero-order valence-electron chi connectivity index (χ0n) is 14.6. The highest BCUT2D eigenvalue weighted by molar-refractivity contribution is 6.21. The number of amides is 3. The molecule has 2 aliphatic heterocycles. The third kappa shape index (κ3) is 2.68. The third-order valence-corrected chi connectivity index (χ3v) is 4.75. The van der Waals surface area contributed by atoms with E-state index < -0.39 is 17.8 Å². The second-order valence-corrected chi connectivity index (χ2v) is 6.32. The highest BCUT2D eigenvalue weighted by Gasteiger charge is 2.39. The normalized spacial score (nSPS) is 15.0. The van der Waals surface area contributed by atoms with E-state index in [4.69, 9.17) is 4.84 Å². The highest BCUT2D eigenvalue weighted by atomic mass is 16.7. The molecule has 27 heavy (non-hydrogen) atoms. The van der Waals surface area contributed by atoms with E-state index in [-0.39, 0.29) is 22.6 Å². The van der Waals surface area contributed by atoms with Crippen molar-refractivity contribution in [1.29, 1.82) is 0 Å². The summed E-state index contributed by atoms with van der Waals surface area (Å²) in [4.78, 5) is 55.8. The highest BCUT2D eigenvalue weighted by Crippen LogP contribution is 2.30. The number of carbonyl (C=O) groups excluding carboxylic acids is 4. The molecule has 0 bridgehead atoms. The van der Waals surface area contributed by atoms with E-state index >= 15 is 0 Å². The van der Waals surface area contributed by atoms with E-state index in [1.807, 2.05) is 0 Å². The fraction of sp³-hybridized carbons (Fsp3) is 0.200. The molecule has 0 saturated carbocycles. The number of carbonyl (C=O) groups is 4. The molecule has 0 fully saturated rings. The molecule has 0 spiro atoms. The van der Waals surface area contributed by atoms with Crippen LogP contribution in [0, 0.1) is 0 Å². The second-order valence-electron chi connectivity index (χ2n) is 6.32. The van der Waals surface area contributed by atoms with Crippen LogP contribution in [-0.4, -0.2) is 35.3 Å². The average Bonchev–Trinajstić information content (AvgIpc) is 3.22. The van der Waals surface area contributed by atoms with Gasteiger partial charge in [0.15, 0.2) is 0 Å². The van der Waals surface area contributed by atoms with Gasteiger partial charge in [-0.25, -0.2) is 4.79 Å². The molecule has 3 amide bonds. The lowest BCUT2D eigenvalue weighted by atomic mass is 10.1. The number of hydrogen-bond acceptors (Lipinski definition) is 5. The van der Waals surface area contributed by atoms with Crippen molar-refractivity contribution < 1.29 is 24.0 Å². The van der Waals surface area contributed by atoms with Gasteiger partial charge in [0.2, 0.25) is 5.91 Å². The number of anilines is 1. The fourth-order valence-electron chi connectivity index (χ4n) is 3.36. The van der Waals surface area contributed by atoms with Crippen LogP contribution in [0.3, 0.4) is 0 Å². The smallest absolute Gasteiger partial charge is 0.324 e. The first kappa shape index (κ1) is 17.0. The SMILES string of the molecule is CCC(=O)N1CCc2cc(C(=O)ON3C(=O)c4ccccc4C3=O)ccc21. The lowest BCUT2D eigenvalue weighted by molar-refractivity contribution is -0.118. The maximum atomic E-state index is 12.5. The van der Waals surface area contributed by atoms with Crippen molar-refractivity contribution in [2.75, 3.05) is 11.4 Å². The lowest BCUT2D eigenvalue weighted by Gasteiger charge is -2.17. The van der Waals surface area contributed by atoms with Crippen molar-refractivity contribution in [3.05, 3.63) is 64.7 Å². The van der Waals surface area contributed by atoms with Crippen molar-refractivity contribution in [3.8, 4) is 0 Å². The largest absolute Gasteiger partial charge is 0.363 e. The Kier molecular flexibility index (Phi) is 3.99. The molecule has 2 heterocycles. The molecule has 2 aliphatic rings. The molecule has 4 rings (SSSR count). The standard InChI is InChI=1S/C20H16N2O5/c1-2-17(23)21-10-9-12-11-13(7-8-16(12)21)20(26)27-22-18(24)14-5-3-4-6-15(14)19(22)25/h3-8,11H,2,9-10H2,1H3. The molecule has 0 radical (unpaired) electrons. The average molecular weight is 364 g/mol. The Hall–Kier alpha value is -3.48. The Bertz CT molecular complexity index is 963. The molecular weight excluding hydrogens is 348 g/mol. The Morgan fingerprint density at radius 3 is 2.33 bits per heavy atom. The Morgan fingerprint density at radius 2 is 1.70 bits per heavy atom. The van der Waals surface area contributed by atoms with Crippen molar-refractivity contribution in [2.24, 2.45) is 0 Å². The maximum Gasteiger partial charge on any atom is 0.363 e. The molecule has 136 valence electrons. The molecule has 0 unspecified atom stereocenters. The lowest BCUT2D eigenvalue weighted by Crippen LogP contribution is -2.32. The van der Waals surface area contributed by atoms with E-state index in [0.717, 1.165) is 11.3 Å². The molecule has 7 heteroatoms. The minimum Gasteiger partial charge on any atom is -0.324 e. The van der Waals surface area contributed by atoms with Gasteiger partial charge in [-0.05, 0) is 42.3 Å². The summed E-state index contributed by atoms with van der Waals surface area (Å²) in [5.41, 5.74) is 2.26. The van der Waals surface area contributed by atoms with E-state index in [1.165, 1.54) is 18.2 Å². The molecule has 0 atom stereocenters. The zero-order chi connectivity index (χ0) is 19.1. The molecule has 0 saturated heterocycles. The van der Waals surface area contributed by atoms with Gasteiger partial charge in [-0.2, -0.15) is 0 Å². The third-order valence-electron chi connectivity index (χ3n) is 4.75. The summed E-state index contributed by atoms with van der Waals surface area (Å²) in [6.07, 6.45) is 1.04. The summed E-state index contributed by atoms with van der Waals surface area (Å²) in [6.45, 7) is 2.37. The van der Waals surface area contributed by atoms with Crippen LogP contribution >= 0.6 is 0 Å². The first-order valence-corrected chi connectivity index (χ1v) is 8.64. The van der Waals surface area contributed by atoms with Gasteiger partial charge in [0.1, 0.15) is 0 Å². The number of fused-ring (bicyclic) bond motifs is 2. The first-order valence-electron chi connectivity index (χ1n) is 8.64. The van der Waals surface area contributed by atoms with Crippen molar-refractivity contribution in [3.63, 3.8) is 0 Å². The molecular formula is C20H16N2O5. The van der Waals surface area contributed by atoms with Gasteiger partial charge >= 0.3 is 5.97 Å². The number of rotatable bonds is 3. The molecule has 2 aromatic rings. The molecule has 2 aromatic carbocycles. The Labute approximate surface area is 155 Å². The Balaban J connectivity index is 1.55. The Morgan fingerprint density at radius 1 is 1.04 bits per heavy atom. The molecule has 7 nitrogen and oxygen atoms in total. The summed E-state index contributed by atoms with van der Waals surface area (Å²) in [6, 6.07) is 11.2. The van der Waals surface area contributed by atoms with Crippen LogP contribution in [0.25, 0.3) is 0 Å². The van der Waals surface area contributed by atoms with E-state index in [2.05, 4.69) is 0 Å². The summed E-state index contributed by atoms with van der Waals surface area (Å²) >= 11 is 0. The number of hydrogen-bond donors (Lipinski definition) is 0. The zero-order valence-corrected chi connectivity index (χ0v) is 14.6. The van der Waals surface area contributed by atoms with E-state index in [9.17, 15) is 19.2 Å². The quantitative estimate of drug-likeness (QED) is 0.781. The summed E-state index contributed by atoms with van der Waals surface area (Å²) in [5.74, 6) is -2.10. The predicted octanol–water partition coefficient (Wildman–Crippen LogP) is 2.35. The maximum absolute atomic E-state index is 12.5. The number of benzene rings is 2. The van der Waals surface area contributed by atoms with E-state index in [0.29, 0.717) is 24.4 Å². The van der Waals surface area contributed by atoms with Crippen LogP contribution in [0.5, 0.6) is 0 Å². The molecule has 0 N–H and O–H groups in total. The fourth-order valence-corrected chi connectivity index (χ4v) is 3.36. The van der Waals surface area contributed by atoms with Gasteiger partial charge in [0.05, 0.1) is 16.7 Å². The minimum absolute atomic E-state index is 0.0232. The number of imide groups is 1. The van der Waals surface area contributed by atoms with Gasteiger partial charge in [0.25, 0.3) is 11.8 Å². The van der Waals surface area contributed by atoms with Gasteiger partial charge in [0, 0.05) is 18.7 Å². The second kappa shape index (κ2) is 6.35. The molecule has 0 aromatic heterocycles.